The highest BCUT2D eigenvalue weighted by Crippen LogP contribution is 2.27. The van der Waals surface area contributed by atoms with E-state index in [0.717, 1.165) is 32.5 Å². The van der Waals surface area contributed by atoms with Crippen LogP contribution in [0.3, 0.4) is 0 Å². The van der Waals surface area contributed by atoms with Gasteiger partial charge in [-0.25, -0.2) is 4.68 Å². The molecular weight excluding hydrogens is 338 g/mol. The smallest absolute Gasteiger partial charge is 0.273 e. The van der Waals surface area contributed by atoms with Crippen LogP contribution in [0, 0.1) is 0 Å². The fourth-order valence-corrected chi connectivity index (χ4v) is 4.36. The summed E-state index contributed by atoms with van der Waals surface area (Å²) in [5.41, 5.74) is 1.85. The lowest BCUT2D eigenvalue weighted by Crippen LogP contribution is -2.34. The van der Waals surface area contributed by atoms with Crippen molar-refractivity contribution in [3.63, 3.8) is 0 Å². The van der Waals surface area contributed by atoms with E-state index in [1.807, 2.05) is 10.9 Å². The molecule has 1 aromatic carbocycles. The number of likely N-dealkylation sites (tertiary alicyclic amines) is 1. The molecule has 1 saturated heterocycles. The number of carbonyl (C=O) groups excluding carboxylic acids is 1. The molecule has 1 aromatic heterocycles. The highest BCUT2D eigenvalue weighted by Gasteiger charge is 2.23. The summed E-state index contributed by atoms with van der Waals surface area (Å²) in [6.07, 6.45) is 9.07. The molecule has 0 radical (unpaired) electrons. The first-order chi connectivity index (χ1) is 13.3. The van der Waals surface area contributed by atoms with Crippen molar-refractivity contribution in [1.29, 1.82) is 0 Å². The van der Waals surface area contributed by atoms with Crippen LogP contribution in [0.5, 0.6) is 0 Å². The number of amides is 1. The van der Waals surface area contributed by atoms with Crippen molar-refractivity contribution in [3.8, 4) is 0 Å². The van der Waals surface area contributed by atoms with Crippen LogP contribution in [0.15, 0.2) is 36.5 Å². The normalized spacial score (nSPS) is 21.4. The molecule has 0 spiro atoms. The second kappa shape index (κ2) is 8.65. The maximum Gasteiger partial charge on any atom is 0.273 e. The highest BCUT2D eigenvalue weighted by molar-refractivity contribution is 5.91. The molecule has 4 rings (SSSR count). The summed E-state index contributed by atoms with van der Waals surface area (Å²) >= 11 is 0. The molecule has 6 nitrogen and oxygen atoms in total. The molecule has 1 aliphatic heterocycles. The molecule has 144 valence electrons. The van der Waals surface area contributed by atoms with Crippen molar-refractivity contribution in [2.75, 3.05) is 26.2 Å². The van der Waals surface area contributed by atoms with Crippen LogP contribution in [0.25, 0.3) is 0 Å². The van der Waals surface area contributed by atoms with E-state index >= 15 is 0 Å². The summed E-state index contributed by atoms with van der Waals surface area (Å²) in [5, 5.41) is 11.3. The van der Waals surface area contributed by atoms with E-state index in [0.29, 0.717) is 24.2 Å². The predicted molar refractivity (Wildman–Crippen MR) is 105 cm³/mol. The molecule has 2 heterocycles. The van der Waals surface area contributed by atoms with Crippen molar-refractivity contribution in [3.05, 3.63) is 47.8 Å². The lowest BCUT2D eigenvalue weighted by Gasteiger charge is -2.20. The van der Waals surface area contributed by atoms with Gasteiger partial charge in [-0.3, -0.25) is 4.79 Å². The van der Waals surface area contributed by atoms with Gasteiger partial charge in [0.25, 0.3) is 5.91 Å². The molecule has 1 aliphatic carbocycles. The number of carbonyl (C=O) groups is 1. The summed E-state index contributed by atoms with van der Waals surface area (Å²) in [6, 6.07) is 11.1. The largest absolute Gasteiger partial charge is 0.349 e. The van der Waals surface area contributed by atoms with Gasteiger partial charge < -0.3 is 10.2 Å². The van der Waals surface area contributed by atoms with Crippen LogP contribution in [0.2, 0.25) is 0 Å². The van der Waals surface area contributed by atoms with Crippen LogP contribution in [0.1, 0.15) is 66.5 Å². The average molecular weight is 367 g/mol. The van der Waals surface area contributed by atoms with Crippen LogP contribution >= 0.6 is 0 Å². The second-order valence-corrected chi connectivity index (χ2v) is 7.83. The predicted octanol–water partition coefficient (Wildman–Crippen LogP) is 3.00. The van der Waals surface area contributed by atoms with E-state index in [2.05, 4.69) is 50.9 Å². The van der Waals surface area contributed by atoms with Gasteiger partial charge in [-0.2, -0.15) is 0 Å². The Balaban J connectivity index is 1.21. The fourth-order valence-electron chi connectivity index (χ4n) is 4.36. The third kappa shape index (κ3) is 4.56. The first-order valence-electron chi connectivity index (χ1n) is 10.3. The number of rotatable bonds is 6. The van der Waals surface area contributed by atoms with E-state index in [-0.39, 0.29) is 5.91 Å². The van der Waals surface area contributed by atoms with Crippen LogP contribution in [0.4, 0.5) is 0 Å². The highest BCUT2D eigenvalue weighted by atomic mass is 16.2. The number of hydrogen-bond donors (Lipinski definition) is 1. The van der Waals surface area contributed by atoms with Crippen molar-refractivity contribution in [2.24, 2.45) is 0 Å². The standard InChI is InChI=1S/C21H29N5O/c27-21(20-16-26(24-23-20)19-9-5-2-6-10-19)22-12-14-25-13-11-18(15-25)17-7-3-1-4-8-17/h1,3-4,7-8,16,18-19H,2,5-6,9-15H2,(H,22,27). The van der Waals surface area contributed by atoms with E-state index in [1.54, 1.807) is 0 Å². The van der Waals surface area contributed by atoms with Crippen LogP contribution in [-0.4, -0.2) is 52.0 Å². The summed E-state index contributed by atoms with van der Waals surface area (Å²) in [4.78, 5) is 14.8. The van der Waals surface area contributed by atoms with E-state index in [1.165, 1.54) is 31.2 Å². The number of aromatic nitrogens is 3. The van der Waals surface area contributed by atoms with Gasteiger partial charge in [-0.1, -0.05) is 54.8 Å². The first-order valence-corrected chi connectivity index (χ1v) is 10.3. The molecule has 1 atom stereocenters. The molecular formula is C21H29N5O. The molecule has 6 heteroatoms. The molecule has 1 saturated carbocycles. The van der Waals surface area contributed by atoms with Crippen molar-refractivity contribution >= 4 is 5.91 Å². The molecule has 2 aliphatic rings. The van der Waals surface area contributed by atoms with Gasteiger partial charge >= 0.3 is 0 Å². The second-order valence-electron chi connectivity index (χ2n) is 7.83. The SMILES string of the molecule is O=C(NCCN1CCC(c2ccccc2)C1)c1cn(C2CCCCC2)nn1. The summed E-state index contributed by atoms with van der Waals surface area (Å²) < 4.78 is 1.89. The van der Waals surface area contributed by atoms with Gasteiger partial charge in [0.2, 0.25) is 0 Å². The summed E-state index contributed by atoms with van der Waals surface area (Å²) in [7, 11) is 0. The maximum atomic E-state index is 12.4. The molecule has 1 N–H and O–H groups in total. The van der Waals surface area contributed by atoms with E-state index in [9.17, 15) is 4.79 Å². The Hall–Kier alpha value is -2.21. The van der Waals surface area contributed by atoms with Crippen LogP contribution < -0.4 is 5.32 Å². The lowest BCUT2D eigenvalue weighted by atomic mass is 9.96. The van der Waals surface area contributed by atoms with Crippen molar-refractivity contribution in [2.45, 2.75) is 50.5 Å². The quantitative estimate of drug-likeness (QED) is 0.852. The Bertz CT molecular complexity index is 738. The zero-order valence-electron chi connectivity index (χ0n) is 15.9. The van der Waals surface area contributed by atoms with Gasteiger partial charge in [-0.15, -0.1) is 5.10 Å². The maximum absolute atomic E-state index is 12.4. The number of hydrogen-bond acceptors (Lipinski definition) is 4. The molecule has 2 aromatic rings. The molecule has 1 unspecified atom stereocenters. The third-order valence-corrected chi connectivity index (χ3v) is 5.95. The summed E-state index contributed by atoms with van der Waals surface area (Å²) in [6.45, 7) is 3.69. The van der Waals surface area contributed by atoms with Crippen molar-refractivity contribution < 1.29 is 4.79 Å². The van der Waals surface area contributed by atoms with Gasteiger partial charge in [0, 0.05) is 19.6 Å². The minimum absolute atomic E-state index is 0.115. The molecule has 0 bridgehead atoms. The van der Waals surface area contributed by atoms with Gasteiger partial charge in [0.15, 0.2) is 5.69 Å². The number of nitrogens with zero attached hydrogens (tertiary/aromatic N) is 4. The number of benzene rings is 1. The van der Waals surface area contributed by atoms with Crippen LogP contribution in [-0.2, 0) is 0 Å². The lowest BCUT2D eigenvalue weighted by molar-refractivity contribution is 0.0944. The molecule has 1 amide bonds. The Morgan fingerprint density at radius 2 is 1.93 bits per heavy atom. The van der Waals surface area contributed by atoms with Gasteiger partial charge in [0.1, 0.15) is 0 Å². The van der Waals surface area contributed by atoms with Crippen molar-refractivity contribution in [1.82, 2.24) is 25.2 Å². The average Bonchev–Trinajstić information content (AvgIpc) is 3.39. The third-order valence-electron chi connectivity index (χ3n) is 5.95. The summed E-state index contributed by atoms with van der Waals surface area (Å²) in [5.74, 6) is 0.494. The van der Waals surface area contributed by atoms with Gasteiger partial charge in [-0.05, 0) is 37.3 Å². The van der Waals surface area contributed by atoms with E-state index in [4.69, 9.17) is 0 Å². The molecule has 2 fully saturated rings. The Kier molecular flexibility index (Phi) is 5.82. The Morgan fingerprint density at radius 3 is 2.74 bits per heavy atom. The zero-order valence-corrected chi connectivity index (χ0v) is 15.9. The minimum Gasteiger partial charge on any atom is -0.349 e. The Labute approximate surface area is 160 Å². The monoisotopic (exact) mass is 367 g/mol. The number of nitrogens with one attached hydrogen (secondary N) is 1. The minimum atomic E-state index is -0.115. The zero-order chi connectivity index (χ0) is 18.5. The molecule has 27 heavy (non-hydrogen) atoms. The first kappa shape index (κ1) is 18.2. The topological polar surface area (TPSA) is 63.1 Å². The van der Waals surface area contributed by atoms with E-state index < -0.39 is 0 Å². The van der Waals surface area contributed by atoms with Gasteiger partial charge in [0.05, 0.1) is 12.2 Å². The fraction of sp³-hybridized carbons (Fsp3) is 0.571. The Morgan fingerprint density at radius 1 is 1.11 bits per heavy atom.